The van der Waals surface area contributed by atoms with Crippen LogP contribution in [0.1, 0.15) is 29.6 Å². The van der Waals surface area contributed by atoms with Crippen LogP contribution in [0.4, 0.5) is 0 Å². The zero-order valence-electron chi connectivity index (χ0n) is 12.7. The van der Waals surface area contributed by atoms with Gasteiger partial charge in [0.05, 0.1) is 6.42 Å². The maximum atomic E-state index is 12.9. The fourth-order valence-corrected chi connectivity index (χ4v) is 2.86. The van der Waals surface area contributed by atoms with Gasteiger partial charge in [0.25, 0.3) is 5.91 Å². The highest BCUT2D eigenvalue weighted by Crippen LogP contribution is 2.33. The minimum absolute atomic E-state index is 0.000947. The van der Waals surface area contributed by atoms with Crippen LogP contribution in [-0.4, -0.2) is 54.5 Å². The molecule has 2 aliphatic heterocycles. The van der Waals surface area contributed by atoms with E-state index in [0.717, 1.165) is 12.8 Å². The first-order chi connectivity index (χ1) is 11.1. The van der Waals surface area contributed by atoms with Crippen LogP contribution in [0.2, 0.25) is 0 Å². The molecular weight excluding hydrogens is 302 g/mol. The number of carbonyl (C=O) groups is 2. The molecule has 1 aromatic carbocycles. The summed E-state index contributed by atoms with van der Waals surface area (Å²) in [7, 11) is 0. The molecule has 0 aromatic heterocycles. The molecule has 1 N–H and O–H groups in total. The molecule has 0 radical (unpaired) electrons. The Morgan fingerprint density at radius 2 is 1.91 bits per heavy atom. The third-order valence-electron chi connectivity index (χ3n) is 4.08. The van der Waals surface area contributed by atoms with Gasteiger partial charge in [0.2, 0.25) is 6.79 Å². The Balaban J connectivity index is 1.79. The molecule has 1 saturated heterocycles. The van der Waals surface area contributed by atoms with Crippen molar-refractivity contribution in [2.24, 2.45) is 0 Å². The molecule has 0 spiro atoms. The molecule has 0 saturated carbocycles. The number of hydrogen-bond acceptors (Lipinski definition) is 5. The normalized spacial score (nSPS) is 17.0. The average Bonchev–Trinajstić information content (AvgIpc) is 3.03. The molecule has 23 heavy (non-hydrogen) atoms. The van der Waals surface area contributed by atoms with Crippen LogP contribution in [0.25, 0.3) is 0 Å². The highest BCUT2D eigenvalue weighted by molar-refractivity contribution is 5.95. The Labute approximate surface area is 133 Å². The number of nitrogens with zero attached hydrogens (tertiary/aromatic N) is 1. The van der Waals surface area contributed by atoms with Crippen LogP contribution in [0.15, 0.2) is 18.2 Å². The topological polar surface area (TPSA) is 85.3 Å². The quantitative estimate of drug-likeness (QED) is 0.885. The molecule has 1 amide bonds. The summed E-state index contributed by atoms with van der Waals surface area (Å²) >= 11 is 0. The van der Waals surface area contributed by atoms with Crippen LogP contribution >= 0.6 is 0 Å². The van der Waals surface area contributed by atoms with Gasteiger partial charge >= 0.3 is 5.97 Å². The number of hydrogen-bond donors (Lipinski definition) is 1. The first kappa shape index (κ1) is 15.6. The third kappa shape index (κ3) is 3.56. The number of fused-ring (bicyclic) bond motifs is 1. The van der Waals surface area contributed by atoms with Gasteiger partial charge in [0.15, 0.2) is 11.5 Å². The monoisotopic (exact) mass is 321 g/mol. The van der Waals surface area contributed by atoms with Crippen molar-refractivity contribution in [3.05, 3.63) is 23.8 Å². The maximum Gasteiger partial charge on any atom is 0.305 e. The van der Waals surface area contributed by atoms with Crippen molar-refractivity contribution < 1.29 is 28.9 Å². The Hall–Kier alpha value is -2.28. The first-order valence-electron chi connectivity index (χ1n) is 7.65. The zero-order chi connectivity index (χ0) is 16.2. The number of carboxylic acids is 1. The second kappa shape index (κ2) is 6.87. The Morgan fingerprint density at radius 1 is 1.17 bits per heavy atom. The number of carbonyl (C=O) groups excluding carboxylic acids is 1. The first-order valence-corrected chi connectivity index (χ1v) is 7.65. The molecular formula is C16H19NO6. The molecule has 7 nitrogen and oxygen atoms in total. The molecule has 1 fully saturated rings. The summed E-state index contributed by atoms with van der Waals surface area (Å²) in [5, 5.41) is 8.94. The van der Waals surface area contributed by atoms with E-state index in [0.29, 0.717) is 30.3 Å². The molecule has 0 unspecified atom stereocenters. The lowest BCUT2D eigenvalue weighted by Gasteiger charge is -2.34. The summed E-state index contributed by atoms with van der Waals surface area (Å²) in [5.74, 6) is 0.0581. The molecule has 1 aromatic rings. The highest BCUT2D eigenvalue weighted by Gasteiger charge is 2.28. The number of benzene rings is 1. The van der Waals surface area contributed by atoms with Crippen molar-refractivity contribution in [2.75, 3.05) is 26.6 Å². The number of rotatable bonds is 5. The van der Waals surface area contributed by atoms with Gasteiger partial charge in [-0.15, -0.1) is 0 Å². The minimum atomic E-state index is -0.916. The van der Waals surface area contributed by atoms with Crippen molar-refractivity contribution in [3.63, 3.8) is 0 Å². The van der Waals surface area contributed by atoms with E-state index in [2.05, 4.69) is 0 Å². The molecule has 0 bridgehead atoms. The summed E-state index contributed by atoms with van der Waals surface area (Å²) < 4.78 is 15.9. The van der Waals surface area contributed by atoms with E-state index < -0.39 is 5.97 Å². The van der Waals surface area contributed by atoms with Crippen LogP contribution in [-0.2, 0) is 9.53 Å². The van der Waals surface area contributed by atoms with Gasteiger partial charge in [-0.1, -0.05) is 0 Å². The van der Waals surface area contributed by atoms with Gasteiger partial charge in [-0.05, 0) is 31.0 Å². The highest BCUT2D eigenvalue weighted by atomic mass is 16.7. The van der Waals surface area contributed by atoms with Gasteiger partial charge in [-0.2, -0.15) is 0 Å². The van der Waals surface area contributed by atoms with Gasteiger partial charge in [0.1, 0.15) is 0 Å². The lowest BCUT2D eigenvalue weighted by Crippen LogP contribution is -2.44. The van der Waals surface area contributed by atoms with E-state index in [9.17, 15) is 9.59 Å². The van der Waals surface area contributed by atoms with Gasteiger partial charge in [-0.25, -0.2) is 0 Å². The van der Waals surface area contributed by atoms with Crippen molar-refractivity contribution in [1.82, 2.24) is 4.90 Å². The summed E-state index contributed by atoms with van der Waals surface area (Å²) in [6, 6.07) is 5.04. The van der Waals surface area contributed by atoms with Crippen LogP contribution in [0.5, 0.6) is 11.5 Å². The van der Waals surface area contributed by atoms with Crippen LogP contribution in [0, 0.1) is 0 Å². The number of ether oxygens (including phenoxy) is 3. The average molecular weight is 321 g/mol. The summed E-state index contributed by atoms with van der Waals surface area (Å²) in [6.45, 7) is 1.51. The smallest absolute Gasteiger partial charge is 0.305 e. The largest absolute Gasteiger partial charge is 0.481 e. The van der Waals surface area contributed by atoms with Crippen molar-refractivity contribution in [1.29, 1.82) is 0 Å². The second-order valence-electron chi connectivity index (χ2n) is 5.55. The Kier molecular flexibility index (Phi) is 4.66. The van der Waals surface area contributed by atoms with Gasteiger partial charge in [0, 0.05) is 31.4 Å². The van der Waals surface area contributed by atoms with Gasteiger partial charge in [-0.3, -0.25) is 9.59 Å². The number of aliphatic carboxylic acids is 1. The molecule has 7 heteroatoms. The van der Waals surface area contributed by atoms with Gasteiger partial charge < -0.3 is 24.2 Å². The van der Waals surface area contributed by atoms with Crippen molar-refractivity contribution in [3.8, 4) is 11.5 Å². The molecule has 0 atom stereocenters. The predicted molar refractivity (Wildman–Crippen MR) is 79.7 cm³/mol. The Bertz CT molecular complexity index is 596. The molecule has 0 aliphatic carbocycles. The minimum Gasteiger partial charge on any atom is -0.481 e. The lowest BCUT2D eigenvalue weighted by molar-refractivity contribution is -0.137. The number of amides is 1. The standard InChI is InChI=1S/C16H19NO6/c18-15(19)3-6-17(12-4-7-21-8-5-12)16(20)11-1-2-13-14(9-11)23-10-22-13/h1-2,9,12H,3-8,10H2,(H,18,19). The summed E-state index contributed by atoms with van der Waals surface area (Å²) in [6.07, 6.45) is 1.36. The molecule has 3 rings (SSSR count). The maximum absolute atomic E-state index is 12.9. The fourth-order valence-electron chi connectivity index (χ4n) is 2.86. The molecule has 2 heterocycles. The van der Waals surface area contributed by atoms with E-state index in [4.69, 9.17) is 19.3 Å². The summed E-state index contributed by atoms with van der Waals surface area (Å²) in [5.41, 5.74) is 0.478. The van der Waals surface area contributed by atoms with E-state index in [1.54, 1.807) is 23.1 Å². The van der Waals surface area contributed by atoms with E-state index in [1.165, 1.54) is 0 Å². The Morgan fingerprint density at radius 3 is 2.65 bits per heavy atom. The second-order valence-corrected chi connectivity index (χ2v) is 5.55. The molecule has 2 aliphatic rings. The lowest BCUT2D eigenvalue weighted by atomic mass is 10.0. The molecule has 124 valence electrons. The van der Waals surface area contributed by atoms with E-state index in [1.807, 2.05) is 0 Å². The summed E-state index contributed by atoms with van der Waals surface area (Å²) in [4.78, 5) is 25.4. The third-order valence-corrected chi connectivity index (χ3v) is 4.08. The predicted octanol–water partition coefficient (Wildman–Crippen LogP) is 1.51. The fraction of sp³-hybridized carbons (Fsp3) is 0.500. The van der Waals surface area contributed by atoms with Crippen LogP contribution in [0.3, 0.4) is 0 Å². The van der Waals surface area contributed by atoms with Crippen molar-refractivity contribution in [2.45, 2.75) is 25.3 Å². The van der Waals surface area contributed by atoms with E-state index >= 15 is 0 Å². The van der Waals surface area contributed by atoms with Crippen LogP contribution < -0.4 is 9.47 Å². The number of carboxylic acid groups (broad SMARTS) is 1. The van der Waals surface area contributed by atoms with Crippen molar-refractivity contribution >= 4 is 11.9 Å². The SMILES string of the molecule is O=C(O)CCN(C(=O)c1ccc2c(c1)OCO2)C1CCOCC1. The zero-order valence-corrected chi connectivity index (χ0v) is 12.7. The van der Waals surface area contributed by atoms with E-state index in [-0.39, 0.29) is 31.7 Å².